The van der Waals surface area contributed by atoms with Crippen molar-refractivity contribution in [3.63, 3.8) is 0 Å². The van der Waals surface area contributed by atoms with Gasteiger partial charge in [-0.1, -0.05) is 6.92 Å². The molecular formula is C19H18N2O3. The summed E-state index contributed by atoms with van der Waals surface area (Å²) in [7, 11) is 1.57. The number of nitriles is 1. The fourth-order valence-electron chi connectivity index (χ4n) is 2.53. The van der Waals surface area contributed by atoms with Crippen LogP contribution in [0.4, 0.5) is 5.69 Å². The second-order valence-corrected chi connectivity index (χ2v) is 5.91. The molecule has 5 heteroatoms. The standard InChI is InChI=1S/C19H18N2O3/c1-12-9-17(12)18-8-7-16(24-18)10-13(11-20)19(22)21-14-3-5-15(23-2)6-4-14/h3-8,10,12,17H,9H2,1-2H3,(H,21,22)/b13-10+/t12-,17-/m0/s1. The molecule has 3 rings (SSSR count). The lowest BCUT2D eigenvalue weighted by Crippen LogP contribution is -2.13. The summed E-state index contributed by atoms with van der Waals surface area (Å²) in [6, 6.07) is 12.5. The van der Waals surface area contributed by atoms with E-state index in [-0.39, 0.29) is 5.57 Å². The second-order valence-electron chi connectivity index (χ2n) is 5.91. The zero-order valence-electron chi connectivity index (χ0n) is 13.6. The van der Waals surface area contributed by atoms with Crippen LogP contribution in [-0.4, -0.2) is 13.0 Å². The summed E-state index contributed by atoms with van der Waals surface area (Å²) in [4.78, 5) is 12.2. The molecule has 1 heterocycles. The van der Waals surface area contributed by atoms with Gasteiger partial charge in [0.05, 0.1) is 7.11 Å². The lowest BCUT2D eigenvalue weighted by Gasteiger charge is -2.05. The van der Waals surface area contributed by atoms with Gasteiger partial charge in [-0.25, -0.2) is 0 Å². The molecule has 0 saturated heterocycles. The first kappa shape index (κ1) is 15.9. The lowest BCUT2D eigenvalue weighted by atomic mass is 10.2. The Balaban J connectivity index is 1.71. The Bertz CT molecular complexity index is 812. The number of carbonyl (C=O) groups is 1. The third-order valence-corrected chi connectivity index (χ3v) is 4.12. The number of nitrogens with one attached hydrogen (secondary N) is 1. The van der Waals surface area contributed by atoms with Gasteiger partial charge in [0.25, 0.3) is 5.91 Å². The van der Waals surface area contributed by atoms with E-state index in [9.17, 15) is 10.1 Å². The topological polar surface area (TPSA) is 75.3 Å². The monoisotopic (exact) mass is 322 g/mol. The highest BCUT2D eigenvalue weighted by Gasteiger charge is 2.36. The van der Waals surface area contributed by atoms with Gasteiger partial charge in [0.15, 0.2) is 0 Å². The van der Waals surface area contributed by atoms with Gasteiger partial charge in [0.2, 0.25) is 0 Å². The molecule has 0 bridgehead atoms. The fraction of sp³-hybridized carbons (Fsp3) is 0.263. The first-order chi connectivity index (χ1) is 11.6. The molecule has 0 spiro atoms. The van der Waals surface area contributed by atoms with Gasteiger partial charge < -0.3 is 14.5 Å². The number of amides is 1. The number of carbonyl (C=O) groups excluding carboxylic acids is 1. The Morgan fingerprint density at radius 3 is 2.62 bits per heavy atom. The van der Waals surface area contributed by atoms with E-state index in [0.29, 0.717) is 29.0 Å². The van der Waals surface area contributed by atoms with Gasteiger partial charge in [-0.05, 0) is 48.7 Å². The number of methoxy groups -OCH3 is 1. The number of hydrogen-bond donors (Lipinski definition) is 1. The molecular weight excluding hydrogens is 304 g/mol. The van der Waals surface area contributed by atoms with Crippen molar-refractivity contribution in [2.45, 2.75) is 19.3 Å². The normalized spacial score (nSPS) is 19.5. The maximum absolute atomic E-state index is 12.2. The van der Waals surface area contributed by atoms with Gasteiger partial charge in [0, 0.05) is 17.7 Å². The Hall–Kier alpha value is -3.00. The maximum atomic E-state index is 12.2. The van der Waals surface area contributed by atoms with Gasteiger partial charge in [-0.3, -0.25) is 4.79 Å². The highest BCUT2D eigenvalue weighted by molar-refractivity contribution is 6.09. The first-order valence-electron chi connectivity index (χ1n) is 7.77. The van der Waals surface area contributed by atoms with Gasteiger partial charge in [-0.15, -0.1) is 0 Å². The molecule has 1 amide bonds. The molecule has 1 aromatic carbocycles. The van der Waals surface area contributed by atoms with Crippen LogP contribution in [0, 0.1) is 17.2 Å². The average Bonchev–Trinajstić information content (AvgIpc) is 3.14. The number of nitrogens with zero attached hydrogens (tertiary/aromatic N) is 1. The van der Waals surface area contributed by atoms with Crippen molar-refractivity contribution in [2.75, 3.05) is 12.4 Å². The minimum Gasteiger partial charge on any atom is -0.497 e. The summed E-state index contributed by atoms with van der Waals surface area (Å²) >= 11 is 0. The number of furan rings is 1. The largest absolute Gasteiger partial charge is 0.497 e. The first-order valence-corrected chi connectivity index (χ1v) is 7.77. The fourth-order valence-corrected chi connectivity index (χ4v) is 2.53. The van der Waals surface area contributed by atoms with Crippen molar-refractivity contribution in [3.05, 3.63) is 53.5 Å². The van der Waals surface area contributed by atoms with Crippen molar-refractivity contribution >= 4 is 17.7 Å². The molecule has 1 saturated carbocycles. The van der Waals surface area contributed by atoms with Crippen molar-refractivity contribution in [1.29, 1.82) is 5.26 Å². The van der Waals surface area contributed by atoms with Crippen molar-refractivity contribution < 1.29 is 13.9 Å². The minimum absolute atomic E-state index is 0.00411. The van der Waals surface area contributed by atoms with Crippen LogP contribution in [0.1, 0.15) is 30.8 Å². The quantitative estimate of drug-likeness (QED) is 0.668. The van der Waals surface area contributed by atoms with Crippen LogP contribution in [0.3, 0.4) is 0 Å². The average molecular weight is 322 g/mol. The predicted molar refractivity (Wildman–Crippen MR) is 90.4 cm³/mol. The van der Waals surface area contributed by atoms with Crippen LogP contribution in [-0.2, 0) is 4.79 Å². The molecule has 0 radical (unpaired) electrons. The van der Waals surface area contributed by atoms with Crippen molar-refractivity contribution in [2.24, 2.45) is 5.92 Å². The summed E-state index contributed by atoms with van der Waals surface area (Å²) in [5, 5.41) is 11.9. The van der Waals surface area contributed by atoms with Crippen molar-refractivity contribution in [3.8, 4) is 11.8 Å². The second kappa shape index (κ2) is 6.63. The van der Waals surface area contributed by atoms with E-state index in [1.165, 1.54) is 6.08 Å². The number of rotatable bonds is 5. The van der Waals surface area contributed by atoms with E-state index in [1.54, 1.807) is 37.4 Å². The van der Waals surface area contributed by atoms with Crippen LogP contribution in [0.15, 0.2) is 46.4 Å². The molecule has 1 aromatic heterocycles. The number of benzene rings is 1. The Labute approximate surface area is 140 Å². The van der Waals surface area contributed by atoms with Crippen LogP contribution in [0.5, 0.6) is 5.75 Å². The zero-order valence-corrected chi connectivity index (χ0v) is 13.6. The molecule has 24 heavy (non-hydrogen) atoms. The molecule has 5 nitrogen and oxygen atoms in total. The molecule has 2 atom stereocenters. The third-order valence-electron chi connectivity index (χ3n) is 4.12. The summed E-state index contributed by atoms with van der Waals surface area (Å²) in [6.07, 6.45) is 2.59. The van der Waals surface area contributed by atoms with Crippen LogP contribution in [0.25, 0.3) is 6.08 Å². The van der Waals surface area contributed by atoms with E-state index in [0.717, 1.165) is 12.2 Å². The molecule has 0 unspecified atom stereocenters. The summed E-state index contributed by atoms with van der Waals surface area (Å²) in [6.45, 7) is 2.17. The lowest BCUT2D eigenvalue weighted by molar-refractivity contribution is -0.112. The molecule has 1 aliphatic rings. The number of anilines is 1. The van der Waals surface area contributed by atoms with Crippen LogP contribution < -0.4 is 10.1 Å². The smallest absolute Gasteiger partial charge is 0.266 e. The van der Waals surface area contributed by atoms with E-state index in [1.807, 2.05) is 12.1 Å². The summed E-state index contributed by atoms with van der Waals surface area (Å²) < 4.78 is 10.8. The van der Waals surface area contributed by atoms with E-state index in [2.05, 4.69) is 12.2 Å². The van der Waals surface area contributed by atoms with Gasteiger partial charge in [-0.2, -0.15) is 5.26 Å². The molecule has 2 aromatic rings. The van der Waals surface area contributed by atoms with Crippen molar-refractivity contribution in [1.82, 2.24) is 0 Å². The predicted octanol–water partition coefficient (Wildman–Crippen LogP) is 3.96. The highest BCUT2D eigenvalue weighted by atomic mass is 16.5. The Kier molecular flexibility index (Phi) is 4.39. The van der Waals surface area contributed by atoms with Gasteiger partial charge >= 0.3 is 0 Å². The highest BCUT2D eigenvalue weighted by Crippen LogP contribution is 2.47. The van der Waals surface area contributed by atoms with E-state index in [4.69, 9.17) is 9.15 Å². The van der Waals surface area contributed by atoms with Gasteiger partial charge in [0.1, 0.15) is 28.9 Å². The molecule has 0 aliphatic heterocycles. The zero-order chi connectivity index (χ0) is 17.1. The Morgan fingerprint density at radius 2 is 2.04 bits per heavy atom. The number of ether oxygens (including phenoxy) is 1. The summed E-state index contributed by atoms with van der Waals surface area (Å²) in [5.41, 5.74) is 0.587. The van der Waals surface area contributed by atoms with Crippen LogP contribution in [0.2, 0.25) is 0 Å². The number of hydrogen-bond acceptors (Lipinski definition) is 4. The Morgan fingerprint density at radius 1 is 1.33 bits per heavy atom. The molecule has 1 aliphatic carbocycles. The maximum Gasteiger partial charge on any atom is 0.266 e. The molecule has 1 fully saturated rings. The molecule has 122 valence electrons. The van der Waals surface area contributed by atoms with E-state index >= 15 is 0 Å². The SMILES string of the molecule is COc1ccc(NC(=O)/C(C#N)=C/c2ccc([C@H]3C[C@@H]3C)o2)cc1. The van der Waals surface area contributed by atoms with E-state index < -0.39 is 5.91 Å². The van der Waals surface area contributed by atoms with Crippen LogP contribution >= 0.6 is 0 Å². The minimum atomic E-state index is -0.472. The third kappa shape index (κ3) is 3.49. The molecule has 1 N–H and O–H groups in total. The summed E-state index contributed by atoms with van der Waals surface area (Å²) in [5.74, 6) is 2.77.